The summed E-state index contributed by atoms with van der Waals surface area (Å²) in [7, 11) is 0. The number of hydrogen-bond donors (Lipinski definition) is 2. The number of nitrogens with zero attached hydrogens (tertiary/aromatic N) is 2. The van der Waals surface area contributed by atoms with Gasteiger partial charge in [0.2, 0.25) is 5.91 Å². The summed E-state index contributed by atoms with van der Waals surface area (Å²) in [5.74, 6) is 0.576. The van der Waals surface area contributed by atoms with Gasteiger partial charge in [-0.1, -0.05) is 30.3 Å². The molecule has 0 radical (unpaired) electrons. The average Bonchev–Trinajstić information content (AvgIpc) is 3.36. The van der Waals surface area contributed by atoms with Crippen molar-refractivity contribution < 1.29 is 14.0 Å². The molecule has 2 N–H and O–H groups in total. The number of amides is 2. The average molecular weight is 441 g/mol. The lowest BCUT2D eigenvalue weighted by molar-refractivity contribution is -0.117. The van der Waals surface area contributed by atoms with Crippen LogP contribution in [-0.2, 0) is 4.79 Å². The van der Waals surface area contributed by atoms with E-state index in [1.807, 2.05) is 67.6 Å². The minimum atomic E-state index is -0.247. The van der Waals surface area contributed by atoms with Gasteiger partial charge >= 0.3 is 0 Å². The molecule has 1 aliphatic rings. The molecule has 1 fully saturated rings. The predicted molar refractivity (Wildman–Crippen MR) is 125 cm³/mol. The van der Waals surface area contributed by atoms with Crippen LogP contribution in [0.15, 0.2) is 83.5 Å². The van der Waals surface area contributed by atoms with E-state index in [1.54, 1.807) is 23.1 Å². The topological polar surface area (TPSA) is 89.2 Å². The van der Waals surface area contributed by atoms with Gasteiger partial charge in [-0.25, -0.2) is 4.68 Å². The van der Waals surface area contributed by atoms with E-state index in [1.165, 1.54) is 0 Å². The van der Waals surface area contributed by atoms with E-state index in [2.05, 4.69) is 15.7 Å². The second-order valence-corrected chi connectivity index (χ2v) is 8.22. The normalized spacial score (nSPS) is 14.0. The third kappa shape index (κ3) is 4.57. The highest BCUT2D eigenvalue weighted by Gasteiger charge is 2.29. The predicted octanol–water partition coefficient (Wildman–Crippen LogP) is 4.97. The molecule has 4 aromatic rings. The number of hydrogen-bond acceptors (Lipinski definition) is 4. The van der Waals surface area contributed by atoms with Crippen LogP contribution in [0.25, 0.3) is 17.1 Å². The van der Waals surface area contributed by atoms with Crippen molar-refractivity contribution in [2.75, 3.05) is 5.32 Å². The zero-order chi connectivity index (χ0) is 22.8. The third-order valence-corrected chi connectivity index (χ3v) is 5.69. The van der Waals surface area contributed by atoms with Gasteiger partial charge in [-0.3, -0.25) is 9.59 Å². The molecule has 1 atom stereocenters. The minimum Gasteiger partial charge on any atom is -0.463 e. The first kappa shape index (κ1) is 20.8. The van der Waals surface area contributed by atoms with Gasteiger partial charge in [-0.15, -0.1) is 0 Å². The van der Waals surface area contributed by atoms with Crippen molar-refractivity contribution in [2.24, 2.45) is 5.92 Å². The second kappa shape index (κ2) is 8.78. The number of anilines is 1. The van der Waals surface area contributed by atoms with Gasteiger partial charge < -0.3 is 15.1 Å². The molecule has 2 aromatic heterocycles. The maximum absolute atomic E-state index is 13.2. The molecule has 1 saturated carbocycles. The highest BCUT2D eigenvalue weighted by atomic mass is 16.3. The molecule has 0 bridgehead atoms. The van der Waals surface area contributed by atoms with Gasteiger partial charge in [-0.2, -0.15) is 5.10 Å². The summed E-state index contributed by atoms with van der Waals surface area (Å²) < 4.78 is 7.10. The first-order valence-electron chi connectivity index (χ1n) is 11.0. The Labute approximate surface area is 191 Å². The molecular weight excluding hydrogens is 416 g/mol. The number of nitrogens with one attached hydrogen (secondary N) is 2. The van der Waals surface area contributed by atoms with Crippen LogP contribution in [0.4, 0.5) is 5.69 Å². The summed E-state index contributed by atoms with van der Waals surface area (Å²) in [6, 6.07) is 22.1. The Kier molecular flexibility index (Phi) is 5.52. The van der Waals surface area contributed by atoms with Gasteiger partial charge in [0.15, 0.2) is 5.76 Å². The summed E-state index contributed by atoms with van der Waals surface area (Å²) in [6.07, 6.45) is 3.51. The van der Waals surface area contributed by atoms with Crippen molar-refractivity contribution in [3.05, 3.63) is 90.3 Å². The molecule has 33 heavy (non-hydrogen) atoms. The molecule has 1 unspecified atom stereocenters. The Bertz CT molecular complexity index is 1260. The quantitative estimate of drug-likeness (QED) is 0.425. The third-order valence-electron chi connectivity index (χ3n) is 5.69. The number of aromatic nitrogens is 2. The summed E-state index contributed by atoms with van der Waals surface area (Å²) in [6.45, 7) is 1.92. The SMILES string of the molecule is CC(NC(=O)c1cc(-c2ccco2)nn1-c1ccccc1)c1ccc(NC(=O)C2CC2)cc1. The first-order chi connectivity index (χ1) is 16.1. The molecule has 0 saturated heterocycles. The Morgan fingerprint density at radius 1 is 1.03 bits per heavy atom. The lowest BCUT2D eigenvalue weighted by Crippen LogP contribution is -2.28. The highest BCUT2D eigenvalue weighted by molar-refractivity contribution is 5.95. The Balaban J connectivity index is 1.35. The fourth-order valence-corrected chi connectivity index (χ4v) is 3.65. The zero-order valence-electron chi connectivity index (χ0n) is 18.2. The van der Waals surface area contributed by atoms with Crippen LogP contribution in [0.2, 0.25) is 0 Å². The molecule has 1 aliphatic carbocycles. The number of para-hydroxylation sites is 1. The minimum absolute atomic E-state index is 0.0747. The fraction of sp³-hybridized carbons (Fsp3) is 0.192. The lowest BCUT2D eigenvalue weighted by Gasteiger charge is -2.16. The maximum Gasteiger partial charge on any atom is 0.270 e. The molecule has 2 aromatic carbocycles. The van der Waals surface area contributed by atoms with E-state index < -0.39 is 0 Å². The van der Waals surface area contributed by atoms with Gasteiger partial charge in [0.05, 0.1) is 18.0 Å². The lowest BCUT2D eigenvalue weighted by atomic mass is 10.1. The van der Waals surface area contributed by atoms with E-state index in [-0.39, 0.29) is 23.8 Å². The molecule has 7 heteroatoms. The monoisotopic (exact) mass is 440 g/mol. The number of furan rings is 1. The van der Waals surface area contributed by atoms with E-state index in [4.69, 9.17) is 4.42 Å². The Morgan fingerprint density at radius 3 is 2.45 bits per heavy atom. The number of rotatable bonds is 7. The molecule has 7 nitrogen and oxygen atoms in total. The molecular formula is C26H24N4O3. The van der Waals surface area contributed by atoms with Crippen molar-refractivity contribution in [1.29, 1.82) is 0 Å². The van der Waals surface area contributed by atoms with Crippen molar-refractivity contribution in [1.82, 2.24) is 15.1 Å². The maximum atomic E-state index is 13.2. The summed E-state index contributed by atoms with van der Waals surface area (Å²) in [5, 5.41) is 10.6. The number of benzene rings is 2. The van der Waals surface area contributed by atoms with Crippen LogP contribution in [0.3, 0.4) is 0 Å². The van der Waals surface area contributed by atoms with Gasteiger partial charge in [0.1, 0.15) is 11.4 Å². The smallest absolute Gasteiger partial charge is 0.270 e. The zero-order valence-corrected chi connectivity index (χ0v) is 18.2. The van der Waals surface area contributed by atoms with E-state index in [0.29, 0.717) is 17.1 Å². The molecule has 2 amide bonds. The van der Waals surface area contributed by atoms with Crippen LogP contribution in [0.5, 0.6) is 0 Å². The Morgan fingerprint density at radius 2 is 1.79 bits per heavy atom. The van der Waals surface area contributed by atoms with Crippen molar-refractivity contribution in [3.8, 4) is 17.1 Å². The Hall–Kier alpha value is -4.13. The largest absolute Gasteiger partial charge is 0.463 e. The van der Waals surface area contributed by atoms with Crippen LogP contribution in [0.1, 0.15) is 41.9 Å². The molecule has 2 heterocycles. The number of carbonyl (C=O) groups excluding carboxylic acids is 2. The van der Waals surface area contributed by atoms with Gasteiger partial charge in [0, 0.05) is 17.7 Å². The van der Waals surface area contributed by atoms with E-state index in [0.717, 1.165) is 29.8 Å². The highest BCUT2D eigenvalue weighted by Crippen LogP contribution is 2.30. The summed E-state index contributed by atoms with van der Waals surface area (Å²) in [4.78, 5) is 25.2. The molecule has 166 valence electrons. The summed E-state index contributed by atoms with van der Waals surface area (Å²) in [5.41, 5.74) is 3.47. The number of carbonyl (C=O) groups is 2. The fourth-order valence-electron chi connectivity index (χ4n) is 3.65. The standard InChI is InChI=1S/C26H24N4O3/c1-17(18-11-13-20(14-12-18)28-25(31)19-9-10-19)27-26(32)23-16-22(24-8-5-15-33-24)29-30(23)21-6-3-2-4-7-21/h2-8,11-17,19H,9-10H2,1H3,(H,27,32)(H,28,31). The second-order valence-electron chi connectivity index (χ2n) is 8.22. The van der Waals surface area contributed by atoms with Crippen LogP contribution >= 0.6 is 0 Å². The molecule has 0 aliphatic heterocycles. The summed E-state index contributed by atoms with van der Waals surface area (Å²) >= 11 is 0. The van der Waals surface area contributed by atoms with Gasteiger partial charge in [0.25, 0.3) is 5.91 Å². The molecule has 5 rings (SSSR count). The van der Waals surface area contributed by atoms with Crippen LogP contribution in [0, 0.1) is 5.92 Å². The van der Waals surface area contributed by atoms with Crippen molar-refractivity contribution >= 4 is 17.5 Å². The van der Waals surface area contributed by atoms with Gasteiger partial charge in [-0.05, 0) is 61.7 Å². The van der Waals surface area contributed by atoms with E-state index >= 15 is 0 Å². The van der Waals surface area contributed by atoms with Crippen LogP contribution in [-0.4, -0.2) is 21.6 Å². The van der Waals surface area contributed by atoms with Crippen molar-refractivity contribution in [2.45, 2.75) is 25.8 Å². The van der Waals surface area contributed by atoms with E-state index in [9.17, 15) is 9.59 Å². The molecule has 0 spiro atoms. The van der Waals surface area contributed by atoms with Crippen molar-refractivity contribution in [3.63, 3.8) is 0 Å². The van der Waals surface area contributed by atoms with Crippen LogP contribution < -0.4 is 10.6 Å². The first-order valence-corrected chi connectivity index (χ1v) is 11.0.